The number of rotatable bonds is 18. The van der Waals surface area contributed by atoms with E-state index < -0.39 is 6.04 Å². The summed E-state index contributed by atoms with van der Waals surface area (Å²) in [5.74, 6) is 1.06. The van der Waals surface area contributed by atoms with Crippen LogP contribution in [0.3, 0.4) is 0 Å². The molecular weight excluding hydrogens is 462 g/mol. The third-order valence-electron chi connectivity index (χ3n) is 6.86. The Hall–Kier alpha value is -2.70. The summed E-state index contributed by atoms with van der Waals surface area (Å²) in [6.07, 6.45) is 2.80. The molecule has 6 heteroatoms. The SMILES string of the molecule is CCCNCCCC(=O)C(Cc1ccc(OC(C)C(C)CN(CC)CC)cc1)NC(=O)c1ccccc1. The van der Waals surface area contributed by atoms with Gasteiger partial charge in [-0.25, -0.2) is 0 Å². The summed E-state index contributed by atoms with van der Waals surface area (Å²) in [5, 5.41) is 6.32. The molecule has 6 nitrogen and oxygen atoms in total. The van der Waals surface area contributed by atoms with Crippen molar-refractivity contribution in [1.29, 1.82) is 0 Å². The molecule has 3 unspecified atom stereocenters. The van der Waals surface area contributed by atoms with Crippen LogP contribution in [0, 0.1) is 5.92 Å². The molecule has 0 saturated carbocycles. The smallest absolute Gasteiger partial charge is 0.251 e. The summed E-state index contributed by atoms with van der Waals surface area (Å²) in [7, 11) is 0. The molecule has 0 spiro atoms. The lowest BCUT2D eigenvalue weighted by Gasteiger charge is -2.27. The summed E-state index contributed by atoms with van der Waals surface area (Å²) in [6, 6.07) is 16.4. The average molecular weight is 510 g/mol. The summed E-state index contributed by atoms with van der Waals surface area (Å²) in [5.41, 5.74) is 1.55. The fourth-order valence-corrected chi connectivity index (χ4v) is 4.25. The fourth-order valence-electron chi connectivity index (χ4n) is 4.25. The van der Waals surface area contributed by atoms with Crippen molar-refractivity contribution >= 4 is 11.7 Å². The number of Topliss-reactive ketones (excluding diaryl/α,β-unsaturated/α-hetero) is 1. The third-order valence-corrected chi connectivity index (χ3v) is 6.86. The van der Waals surface area contributed by atoms with Gasteiger partial charge in [0.2, 0.25) is 0 Å². The lowest BCUT2D eigenvalue weighted by Crippen LogP contribution is -2.42. The zero-order valence-corrected chi connectivity index (χ0v) is 23.5. The quantitative estimate of drug-likeness (QED) is 0.273. The Kier molecular flexibility index (Phi) is 14.0. The van der Waals surface area contributed by atoms with E-state index in [9.17, 15) is 9.59 Å². The summed E-state index contributed by atoms with van der Waals surface area (Å²) < 4.78 is 6.21. The summed E-state index contributed by atoms with van der Waals surface area (Å²) in [4.78, 5) is 28.3. The van der Waals surface area contributed by atoms with Gasteiger partial charge in [-0.1, -0.05) is 58.0 Å². The first-order valence-corrected chi connectivity index (χ1v) is 13.9. The zero-order chi connectivity index (χ0) is 27.0. The molecule has 204 valence electrons. The standard InChI is InChI=1S/C31H47N3O3/c1-6-20-32-21-12-15-30(35)29(33-31(36)27-13-10-9-11-14-27)22-26-16-18-28(19-17-26)37-25(5)24(4)23-34(7-2)8-3/h9-11,13-14,16-19,24-25,29,32H,6-8,12,15,20-23H2,1-5H3,(H,33,36). The molecule has 2 rings (SSSR count). The highest BCUT2D eigenvalue weighted by atomic mass is 16.5. The van der Waals surface area contributed by atoms with Gasteiger partial charge in [-0.2, -0.15) is 0 Å². The maximum atomic E-state index is 13.1. The molecule has 2 aromatic rings. The molecule has 0 fully saturated rings. The predicted octanol–water partition coefficient (Wildman–Crippen LogP) is 5.12. The van der Waals surface area contributed by atoms with E-state index in [1.54, 1.807) is 12.1 Å². The number of hydrogen-bond donors (Lipinski definition) is 2. The molecule has 0 aliphatic heterocycles. The molecule has 0 aromatic heterocycles. The van der Waals surface area contributed by atoms with Gasteiger partial charge in [0.15, 0.2) is 5.78 Å². The molecule has 3 atom stereocenters. The molecule has 37 heavy (non-hydrogen) atoms. The van der Waals surface area contributed by atoms with Crippen molar-refractivity contribution in [1.82, 2.24) is 15.5 Å². The highest BCUT2D eigenvalue weighted by Crippen LogP contribution is 2.19. The molecule has 0 aliphatic carbocycles. The zero-order valence-electron chi connectivity index (χ0n) is 23.5. The van der Waals surface area contributed by atoms with Crippen molar-refractivity contribution in [2.45, 2.75) is 72.4 Å². The van der Waals surface area contributed by atoms with Crippen LogP contribution < -0.4 is 15.4 Å². The van der Waals surface area contributed by atoms with E-state index in [4.69, 9.17) is 4.74 Å². The Morgan fingerprint density at radius 1 is 0.919 bits per heavy atom. The Morgan fingerprint density at radius 2 is 1.59 bits per heavy atom. The highest BCUT2D eigenvalue weighted by Gasteiger charge is 2.22. The largest absolute Gasteiger partial charge is 0.490 e. The van der Waals surface area contributed by atoms with Gasteiger partial charge in [0.05, 0.1) is 12.1 Å². The molecule has 0 heterocycles. The average Bonchev–Trinajstić information content (AvgIpc) is 2.92. The number of carbonyl (C=O) groups excluding carboxylic acids is 2. The van der Waals surface area contributed by atoms with Gasteiger partial charge in [-0.15, -0.1) is 0 Å². The second-order valence-electron chi connectivity index (χ2n) is 9.85. The van der Waals surface area contributed by atoms with Crippen molar-refractivity contribution in [3.8, 4) is 5.75 Å². The van der Waals surface area contributed by atoms with Gasteiger partial charge in [-0.3, -0.25) is 9.59 Å². The Morgan fingerprint density at radius 3 is 2.22 bits per heavy atom. The van der Waals surface area contributed by atoms with Gasteiger partial charge in [-0.05, 0) is 82.2 Å². The van der Waals surface area contributed by atoms with E-state index in [1.807, 2.05) is 42.5 Å². The van der Waals surface area contributed by atoms with Crippen molar-refractivity contribution in [2.75, 3.05) is 32.7 Å². The van der Waals surface area contributed by atoms with Crippen LogP contribution in [-0.2, 0) is 11.2 Å². The minimum absolute atomic E-state index is 0.0572. The molecular formula is C31H47N3O3. The first-order valence-electron chi connectivity index (χ1n) is 13.9. The van der Waals surface area contributed by atoms with Crippen molar-refractivity contribution < 1.29 is 14.3 Å². The fraction of sp³-hybridized carbons (Fsp3) is 0.548. The van der Waals surface area contributed by atoms with E-state index in [0.29, 0.717) is 24.3 Å². The molecule has 1 amide bonds. The monoisotopic (exact) mass is 509 g/mol. The maximum Gasteiger partial charge on any atom is 0.251 e. The van der Waals surface area contributed by atoms with E-state index in [-0.39, 0.29) is 17.8 Å². The molecule has 2 N–H and O–H groups in total. The number of ketones is 1. The van der Waals surface area contributed by atoms with Gasteiger partial charge >= 0.3 is 0 Å². The first kappa shape index (κ1) is 30.5. The molecule has 0 radical (unpaired) electrons. The topological polar surface area (TPSA) is 70.7 Å². The number of carbonyl (C=O) groups is 2. The molecule has 0 aliphatic rings. The maximum absolute atomic E-state index is 13.1. The van der Waals surface area contributed by atoms with Gasteiger partial charge in [0, 0.05) is 24.4 Å². The normalized spacial score (nSPS) is 13.7. The van der Waals surface area contributed by atoms with Crippen LogP contribution in [0.15, 0.2) is 54.6 Å². The van der Waals surface area contributed by atoms with Crippen LogP contribution in [-0.4, -0.2) is 61.5 Å². The Labute approximate surface area is 224 Å². The van der Waals surface area contributed by atoms with E-state index in [0.717, 1.165) is 56.9 Å². The van der Waals surface area contributed by atoms with Crippen LogP contribution in [0.2, 0.25) is 0 Å². The van der Waals surface area contributed by atoms with Crippen molar-refractivity contribution in [2.24, 2.45) is 5.92 Å². The Bertz CT molecular complexity index is 913. The van der Waals surface area contributed by atoms with Crippen molar-refractivity contribution in [3.05, 3.63) is 65.7 Å². The van der Waals surface area contributed by atoms with Gasteiger partial charge in [0.25, 0.3) is 5.91 Å². The van der Waals surface area contributed by atoms with Gasteiger partial charge in [0.1, 0.15) is 5.75 Å². The first-order chi connectivity index (χ1) is 17.9. The minimum atomic E-state index is -0.571. The number of amides is 1. The van der Waals surface area contributed by atoms with Crippen LogP contribution >= 0.6 is 0 Å². The third kappa shape index (κ3) is 11.1. The number of hydrogen-bond acceptors (Lipinski definition) is 5. The van der Waals surface area contributed by atoms with Crippen LogP contribution in [0.1, 0.15) is 69.8 Å². The Balaban J connectivity index is 2.01. The minimum Gasteiger partial charge on any atom is -0.490 e. The summed E-state index contributed by atoms with van der Waals surface area (Å²) in [6.45, 7) is 15.7. The van der Waals surface area contributed by atoms with E-state index >= 15 is 0 Å². The lowest BCUT2D eigenvalue weighted by atomic mass is 9.98. The molecule has 0 bridgehead atoms. The molecule has 2 aromatic carbocycles. The number of benzene rings is 2. The number of nitrogens with one attached hydrogen (secondary N) is 2. The van der Waals surface area contributed by atoms with Crippen LogP contribution in [0.25, 0.3) is 0 Å². The highest BCUT2D eigenvalue weighted by molar-refractivity contribution is 5.98. The number of ether oxygens (including phenoxy) is 1. The second kappa shape index (κ2) is 16.9. The second-order valence-corrected chi connectivity index (χ2v) is 9.85. The van der Waals surface area contributed by atoms with Gasteiger partial charge < -0.3 is 20.3 Å². The van der Waals surface area contributed by atoms with Crippen LogP contribution in [0.5, 0.6) is 5.75 Å². The lowest BCUT2D eigenvalue weighted by molar-refractivity contribution is -0.121. The van der Waals surface area contributed by atoms with E-state index in [2.05, 4.69) is 50.2 Å². The van der Waals surface area contributed by atoms with Crippen molar-refractivity contribution in [3.63, 3.8) is 0 Å². The summed E-state index contributed by atoms with van der Waals surface area (Å²) >= 11 is 0. The van der Waals surface area contributed by atoms with E-state index in [1.165, 1.54) is 0 Å². The predicted molar refractivity (Wildman–Crippen MR) is 152 cm³/mol. The molecule has 0 saturated heterocycles. The number of nitrogens with zero attached hydrogens (tertiary/aromatic N) is 1. The van der Waals surface area contributed by atoms with Crippen LogP contribution in [0.4, 0.5) is 0 Å².